The van der Waals surface area contributed by atoms with Gasteiger partial charge in [0.05, 0.1) is 0 Å². The Bertz CT molecular complexity index is 474. The van der Waals surface area contributed by atoms with Crippen molar-refractivity contribution in [3.8, 4) is 0 Å². The zero-order valence-corrected chi connectivity index (χ0v) is 13.8. The Morgan fingerprint density at radius 3 is 1.56 bits per heavy atom. The molecule has 0 spiro atoms. The van der Waals surface area contributed by atoms with Gasteiger partial charge in [0.25, 0.3) is 0 Å². The molecule has 0 heterocycles. The second kappa shape index (κ2) is 6.31. The predicted molar refractivity (Wildman–Crippen MR) is 81.0 cm³/mol. The van der Waals surface area contributed by atoms with Crippen LogP contribution in [0.1, 0.15) is 0 Å². The van der Waals surface area contributed by atoms with E-state index in [-0.39, 0.29) is 0 Å². The molecule has 0 fully saturated rings. The van der Waals surface area contributed by atoms with E-state index in [0.29, 0.717) is 0 Å². The van der Waals surface area contributed by atoms with Gasteiger partial charge < -0.3 is 0 Å². The van der Waals surface area contributed by atoms with Gasteiger partial charge in [-0.15, -0.1) is 0 Å². The molecule has 0 saturated carbocycles. The second-order valence-electron chi connectivity index (χ2n) is 3.50. The van der Waals surface area contributed by atoms with Crippen LogP contribution in [0.4, 0.5) is 0 Å². The molecule has 0 aromatic heterocycles. The summed E-state index contributed by atoms with van der Waals surface area (Å²) in [6, 6.07) is 20.5. The monoisotopic (exact) mass is 384 g/mol. The number of hydrogen-bond acceptors (Lipinski definition) is 0. The molecule has 2 rings (SSSR count). The summed E-state index contributed by atoms with van der Waals surface area (Å²) < 4.78 is 1.78. The van der Waals surface area contributed by atoms with Gasteiger partial charge in [0.2, 0.25) is 0 Å². The summed E-state index contributed by atoms with van der Waals surface area (Å²) in [5.41, 5.74) is 0. The molecule has 0 aliphatic carbocycles. The average Bonchev–Trinajstić information content (AvgIpc) is 2.41. The SMILES string of the molecule is C=[CH][Ru]([Cl])([Cl])[P](c1ccccc1)c1ccccc1. The Labute approximate surface area is 120 Å². The first-order valence-corrected chi connectivity index (χ1v) is 14.3. The first-order valence-electron chi connectivity index (χ1n) is 5.31. The van der Waals surface area contributed by atoms with Crippen molar-refractivity contribution in [2.75, 3.05) is 0 Å². The molecule has 18 heavy (non-hydrogen) atoms. The van der Waals surface area contributed by atoms with Gasteiger partial charge in [-0.2, -0.15) is 0 Å². The minimum absolute atomic E-state index is 0.711. The number of hydrogen-bond donors (Lipinski definition) is 0. The Hall–Kier alpha value is -0.187. The summed E-state index contributed by atoms with van der Waals surface area (Å²) in [7, 11) is 13.2. The Morgan fingerprint density at radius 1 is 0.833 bits per heavy atom. The van der Waals surface area contributed by atoms with Gasteiger partial charge in [-0.3, -0.25) is 0 Å². The van der Waals surface area contributed by atoms with Gasteiger partial charge in [0.15, 0.2) is 0 Å². The fourth-order valence-corrected chi connectivity index (χ4v) is 14.3. The van der Waals surface area contributed by atoms with E-state index in [1.165, 1.54) is 10.6 Å². The van der Waals surface area contributed by atoms with Crippen molar-refractivity contribution in [2.24, 2.45) is 0 Å². The Kier molecular flexibility index (Phi) is 4.99. The molecule has 0 aliphatic rings. The molecular weight excluding hydrogens is 371 g/mol. The van der Waals surface area contributed by atoms with Crippen molar-refractivity contribution >= 4 is 36.2 Å². The summed E-state index contributed by atoms with van der Waals surface area (Å²) in [5.74, 6) is 0. The van der Waals surface area contributed by atoms with E-state index in [0.717, 1.165) is 0 Å². The quantitative estimate of drug-likeness (QED) is 0.532. The fourth-order valence-electron chi connectivity index (χ4n) is 1.57. The van der Waals surface area contributed by atoms with Crippen LogP contribution in [0.25, 0.3) is 0 Å². The summed E-state index contributed by atoms with van der Waals surface area (Å²) in [6.45, 7) is 3.83. The number of halogens is 2. The van der Waals surface area contributed by atoms with Gasteiger partial charge in [-0.05, 0) is 0 Å². The van der Waals surface area contributed by atoms with Crippen molar-refractivity contribution < 1.29 is 12.3 Å². The van der Waals surface area contributed by atoms with E-state index in [4.69, 9.17) is 19.4 Å². The van der Waals surface area contributed by atoms with E-state index in [1.54, 1.807) is 4.67 Å². The van der Waals surface area contributed by atoms with Gasteiger partial charge in [-0.25, -0.2) is 0 Å². The molecular formula is C14H13Cl2PRu. The van der Waals surface area contributed by atoms with E-state index < -0.39 is 18.6 Å². The zero-order chi connectivity index (χ0) is 13.0. The maximum absolute atomic E-state index is 6.60. The third-order valence-electron chi connectivity index (χ3n) is 2.34. The van der Waals surface area contributed by atoms with Gasteiger partial charge in [-0.1, -0.05) is 0 Å². The van der Waals surface area contributed by atoms with Crippen molar-refractivity contribution in [2.45, 2.75) is 0 Å². The van der Waals surface area contributed by atoms with Gasteiger partial charge in [0.1, 0.15) is 0 Å². The van der Waals surface area contributed by atoms with E-state index in [9.17, 15) is 0 Å². The summed E-state index contributed by atoms with van der Waals surface area (Å²) >= 11 is -2.86. The molecule has 0 unspecified atom stereocenters. The molecule has 0 N–H and O–H groups in total. The van der Waals surface area contributed by atoms with Crippen molar-refractivity contribution in [1.82, 2.24) is 0 Å². The van der Waals surface area contributed by atoms with Crippen LogP contribution >= 0.6 is 25.6 Å². The van der Waals surface area contributed by atoms with Crippen molar-refractivity contribution in [3.63, 3.8) is 0 Å². The third-order valence-corrected chi connectivity index (χ3v) is 17.2. The normalized spacial score (nSPS) is 12.4. The van der Waals surface area contributed by atoms with Crippen molar-refractivity contribution in [1.29, 1.82) is 0 Å². The zero-order valence-electron chi connectivity index (χ0n) is 9.61. The van der Waals surface area contributed by atoms with Crippen LogP contribution in [-0.2, 0) is 12.3 Å². The first kappa shape index (κ1) is 14.2. The van der Waals surface area contributed by atoms with Gasteiger partial charge in [0, 0.05) is 0 Å². The van der Waals surface area contributed by atoms with Crippen molar-refractivity contribution in [3.05, 3.63) is 71.9 Å². The van der Waals surface area contributed by atoms with Crippen LogP contribution in [0, 0.1) is 0 Å². The molecule has 4 heteroatoms. The summed E-state index contributed by atoms with van der Waals surface area (Å²) in [6.07, 6.45) is -0.711. The molecule has 0 atom stereocenters. The molecule has 0 bridgehead atoms. The topological polar surface area (TPSA) is 0 Å². The molecule has 0 radical (unpaired) electrons. The molecule has 2 aromatic rings. The summed E-state index contributed by atoms with van der Waals surface area (Å²) in [5, 5.41) is 2.44. The van der Waals surface area contributed by atoms with E-state index in [2.05, 4.69) is 30.8 Å². The van der Waals surface area contributed by atoms with Crippen LogP contribution in [0.15, 0.2) is 71.9 Å². The van der Waals surface area contributed by atoms with E-state index >= 15 is 0 Å². The fraction of sp³-hybridized carbons (Fsp3) is 0. The minimum atomic E-state index is -2.86. The van der Waals surface area contributed by atoms with Crippen LogP contribution in [0.3, 0.4) is 0 Å². The van der Waals surface area contributed by atoms with Crippen LogP contribution in [0.2, 0.25) is 0 Å². The molecule has 0 amide bonds. The predicted octanol–water partition coefficient (Wildman–Crippen LogP) is 4.64. The number of rotatable bonds is 4. The summed E-state index contributed by atoms with van der Waals surface area (Å²) in [4.78, 5) is 0. The van der Waals surface area contributed by atoms with Gasteiger partial charge >= 0.3 is 120 Å². The molecule has 96 valence electrons. The average molecular weight is 384 g/mol. The molecule has 0 aliphatic heterocycles. The second-order valence-corrected chi connectivity index (χ2v) is 21.1. The first-order chi connectivity index (χ1) is 8.65. The maximum atomic E-state index is 6.60. The standard InChI is InChI=1S/C12H10P.C2H3.2ClH.Ru/c1-3-7-11(8-4-1)13-12-9-5-2-6-10-12;1-2;;;/h1-10H;1H,2H2;2*1H;/q-1;;;;+3/p-2. The number of benzene rings is 2. The molecule has 0 saturated heterocycles. The third kappa shape index (κ3) is 3.22. The van der Waals surface area contributed by atoms with E-state index in [1.807, 2.05) is 36.4 Å². The molecule has 0 nitrogen and oxygen atoms in total. The van der Waals surface area contributed by atoms with Crippen LogP contribution < -0.4 is 10.6 Å². The Balaban J connectivity index is 2.52. The van der Waals surface area contributed by atoms with Crippen LogP contribution in [0.5, 0.6) is 0 Å². The van der Waals surface area contributed by atoms with Crippen LogP contribution in [-0.4, -0.2) is 0 Å². The molecule has 2 aromatic carbocycles. The Morgan fingerprint density at radius 2 is 1.22 bits per heavy atom.